The fraction of sp³-hybridized carbons (Fsp3) is 0.444. The lowest BCUT2D eigenvalue weighted by atomic mass is 10.4. The molecule has 1 saturated carbocycles. The van der Waals surface area contributed by atoms with Gasteiger partial charge in [-0.3, -0.25) is 4.79 Å². The minimum Gasteiger partial charge on any atom is -0.348 e. The third-order valence-corrected chi connectivity index (χ3v) is 3.04. The quantitative estimate of drug-likeness (QED) is 0.741. The Morgan fingerprint density at radius 2 is 2.50 bits per heavy atom. The van der Waals surface area contributed by atoms with Gasteiger partial charge in [-0.2, -0.15) is 0 Å². The fourth-order valence-electron chi connectivity index (χ4n) is 1.17. The van der Waals surface area contributed by atoms with Crippen LogP contribution in [-0.4, -0.2) is 11.9 Å². The first-order chi connectivity index (χ1) is 5.77. The van der Waals surface area contributed by atoms with Crippen LogP contribution in [0, 0.1) is 5.92 Å². The van der Waals surface area contributed by atoms with Gasteiger partial charge in [0.2, 0.25) is 0 Å². The van der Waals surface area contributed by atoms with E-state index in [4.69, 9.17) is 0 Å². The molecule has 1 aromatic heterocycles. The highest BCUT2D eigenvalue weighted by Gasteiger charge is 2.34. The fourth-order valence-corrected chi connectivity index (χ4v) is 1.80. The van der Waals surface area contributed by atoms with Gasteiger partial charge in [0.05, 0.1) is 4.88 Å². The van der Waals surface area contributed by atoms with E-state index in [-0.39, 0.29) is 5.91 Å². The molecule has 0 aromatic carbocycles. The molecule has 2 atom stereocenters. The molecule has 2 rings (SSSR count). The molecule has 2 unspecified atom stereocenters. The lowest BCUT2D eigenvalue weighted by molar-refractivity contribution is 0.0953. The van der Waals surface area contributed by atoms with Crippen LogP contribution in [0.3, 0.4) is 0 Å². The minimum absolute atomic E-state index is 0.0827. The number of thiophene rings is 1. The van der Waals surface area contributed by atoms with Crippen LogP contribution in [0.25, 0.3) is 0 Å². The van der Waals surface area contributed by atoms with E-state index in [1.54, 1.807) is 0 Å². The standard InChI is InChI=1S/C9H11NOS/c1-6-5-7(6)10-9(11)8-3-2-4-12-8/h2-4,6-7H,5H2,1H3,(H,10,11). The highest BCUT2D eigenvalue weighted by Crippen LogP contribution is 2.29. The maximum atomic E-state index is 11.4. The number of nitrogens with one attached hydrogen (secondary N) is 1. The molecular formula is C9H11NOS. The largest absolute Gasteiger partial charge is 0.348 e. The summed E-state index contributed by atoms with van der Waals surface area (Å²) in [5.74, 6) is 0.758. The van der Waals surface area contributed by atoms with Crippen LogP contribution in [0.1, 0.15) is 23.0 Å². The molecule has 1 N–H and O–H groups in total. The number of hydrogen-bond acceptors (Lipinski definition) is 2. The van der Waals surface area contributed by atoms with Gasteiger partial charge in [0.15, 0.2) is 0 Å². The first kappa shape index (κ1) is 7.80. The Bertz CT molecular complexity index is 281. The molecule has 3 heteroatoms. The van der Waals surface area contributed by atoms with Gasteiger partial charge in [0.25, 0.3) is 5.91 Å². The zero-order valence-electron chi connectivity index (χ0n) is 6.91. The van der Waals surface area contributed by atoms with E-state index in [9.17, 15) is 4.79 Å². The summed E-state index contributed by atoms with van der Waals surface area (Å²) in [4.78, 5) is 12.2. The van der Waals surface area contributed by atoms with Crippen LogP contribution >= 0.6 is 11.3 Å². The van der Waals surface area contributed by atoms with Crippen LogP contribution in [0.5, 0.6) is 0 Å². The average Bonchev–Trinajstić information content (AvgIpc) is 2.58. The summed E-state index contributed by atoms with van der Waals surface area (Å²) in [5, 5.41) is 4.90. The first-order valence-electron chi connectivity index (χ1n) is 4.12. The van der Waals surface area contributed by atoms with E-state index in [1.165, 1.54) is 11.3 Å². The van der Waals surface area contributed by atoms with Crippen LogP contribution in [-0.2, 0) is 0 Å². The molecule has 1 aliphatic carbocycles. The summed E-state index contributed by atoms with van der Waals surface area (Å²) in [6.07, 6.45) is 1.14. The van der Waals surface area contributed by atoms with Crippen molar-refractivity contribution in [2.75, 3.05) is 0 Å². The van der Waals surface area contributed by atoms with Crippen molar-refractivity contribution >= 4 is 17.2 Å². The summed E-state index contributed by atoms with van der Waals surface area (Å²) in [7, 11) is 0. The van der Waals surface area contributed by atoms with Crippen LogP contribution in [0.15, 0.2) is 17.5 Å². The van der Waals surface area contributed by atoms with Crippen molar-refractivity contribution in [2.24, 2.45) is 5.92 Å². The third-order valence-electron chi connectivity index (χ3n) is 2.17. The Hall–Kier alpha value is -0.830. The molecule has 1 amide bonds. The topological polar surface area (TPSA) is 29.1 Å². The van der Waals surface area contributed by atoms with Gasteiger partial charge in [-0.05, 0) is 23.8 Å². The van der Waals surface area contributed by atoms with Crippen molar-refractivity contribution in [1.29, 1.82) is 0 Å². The summed E-state index contributed by atoms with van der Waals surface area (Å²) in [5.41, 5.74) is 0. The van der Waals surface area contributed by atoms with Gasteiger partial charge in [-0.15, -0.1) is 11.3 Å². The minimum atomic E-state index is 0.0827. The zero-order valence-corrected chi connectivity index (χ0v) is 7.73. The van der Waals surface area contributed by atoms with Crippen molar-refractivity contribution in [1.82, 2.24) is 5.32 Å². The number of carbonyl (C=O) groups excluding carboxylic acids is 1. The Morgan fingerprint density at radius 3 is 3.00 bits per heavy atom. The molecule has 1 aliphatic rings. The first-order valence-corrected chi connectivity index (χ1v) is 4.99. The number of carbonyl (C=O) groups is 1. The second kappa shape index (κ2) is 2.90. The Balaban J connectivity index is 1.93. The monoisotopic (exact) mass is 181 g/mol. The van der Waals surface area contributed by atoms with Crippen LogP contribution in [0.4, 0.5) is 0 Å². The maximum Gasteiger partial charge on any atom is 0.261 e. The molecule has 12 heavy (non-hydrogen) atoms. The predicted molar refractivity (Wildman–Crippen MR) is 49.4 cm³/mol. The molecule has 1 fully saturated rings. The summed E-state index contributed by atoms with van der Waals surface area (Å²) in [6, 6.07) is 4.18. The second-order valence-corrected chi connectivity index (χ2v) is 4.22. The van der Waals surface area contributed by atoms with E-state index in [0.717, 1.165) is 11.3 Å². The van der Waals surface area contributed by atoms with Crippen molar-refractivity contribution in [3.05, 3.63) is 22.4 Å². The molecule has 2 nitrogen and oxygen atoms in total. The second-order valence-electron chi connectivity index (χ2n) is 3.27. The van der Waals surface area contributed by atoms with Crippen molar-refractivity contribution in [3.8, 4) is 0 Å². The summed E-state index contributed by atoms with van der Waals surface area (Å²) in [6.45, 7) is 2.15. The van der Waals surface area contributed by atoms with E-state index in [0.29, 0.717) is 12.0 Å². The van der Waals surface area contributed by atoms with E-state index in [1.807, 2.05) is 17.5 Å². The lowest BCUT2D eigenvalue weighted by Gasteiger charge is -1.99. The van der Waals surface area contributed by atoms with Crippen LogP contribution in [0.2, 0.25) is 0 Å². The van der Waals surface area contributed by atoms with E-state index in [2.05, 4.69) is 12.2 Å². The van der Waals surface area contributed by atoms with Crippen molar-refractivity contribution in [3.63, 3.8) is 0 Å². The predicted octanol–water partition coefficient (Wildman–Crippen LogP) is 1.89. The van der Waals surface area contributed by atoms with E-state index < -0.39 is 0 Å². The molecule has 0 radical (unpaired) electrons. The number of rotatable bonds is 2. The number of amides is 1. The highest BCUT2D eigenvalue weighted by atomic mass is 32.1. The van der Waals surface area contributed by atoms with Gasteiger partial charge in [-0.1, -0.05) is 13.0 Å². The molecule has 0 bridgehead atoms. The zero-order chi connectivity index (χ0) is 8.55. The molecule has 0 aliphatic heterocycles. The van der Waals surface area contributed by atoms with Gasteiger partial charge in [-0.25, -0.2) is 0 Å². The van der Waals surface area contributed by atoms with Crippen LogP contribution < -0.4 is 5.32 Å². The Morgan fingerprint density at radius 1 is 1.75 bits per heavy atom. The normalized spacial score (nSPS) is 26.8. The number of hydrogen-bond donors (Lipinski definition) is 1. The van der Waals surface area contributed by atoms with Gasteiger partial charge < -0.3 is 5.32 Å². The molecule has 0 saturated heterocycles. The smallest absolute Gasteiger partial charge is 0.261 e. The molecule has 1 heterocycles. The lowest BCUT2D eigenvalue weighted by Crippen LogP contribution is -2.25. The van der Waals surface area contributed by atoms with Crippen molar-refractivity contribution < 1.29 is 4.79 Å². The molecular weight excluding hydrogens is 170 g/mol. The van der Waals surface area contributed by atoms with Crippen molar-refractivity contribution in [2.45, 2.75) is 19.4 Å². The van der Waals surface area contributed by atoms with Gasteiger partial charge >= 0.3 is 0 Å². The molecule has 64 valence electrons. The average molecular weight is 181 g/mol. The summed E-state index contributed by atoms with van der Waals surface area (Å²) >= 11 is 1.49. The highest BCUT2D eigenvalue weighted by molar-refractivity contribution is 7.12. The summed E-state index contributed by atoms with van der Waals surface area (Å²) < 4.78 is 0. The van der Waals surface area contributed by atoms with Gasteiger partial charge in [0, 0.05) is 6.04 Å². The van der Waals surface area contributed by atoms with Gasteiger partial charge in [0.1, 0.15) is 0 Å². The molecule has 1 aromatic rings. The maximum absolute atomic E-state index is 11.4. The SMILES string of the molecule is CC1CC1NC(=O)c1cccs1. The molecule has 0 spiro atoms. The third kappa shape index (κ3) is 1.50. The van der Waals surface area contributed by atoms with E-state index >= 15 is 0 Å². The Labute approximate surface area is 75.6 Å². The Kier molecular flexibility index (Phi) is 1.89.